The number of rotatable bonds is 8. The van der Waals surface area contributed by atoms with Crippen molar-refractivity contribution in [2.75, 3.05) is 27.3 Å². The van der Waals surface area contributed by atoms with Crippen LogP contribution in [-0.2, 0) is 13.0 Å². The molecule has 26 heavy (non-hydrogen) atoms. The average Bonchev–Trinajstić information content (AvgIpc) is 2.67. The minimum absolute atomic E-state index is 0.484. The fourth-order valence-electron chi connectivity index (χ4n) is 2.46. The number of para-hydroxylation sites is 1. The minimum Gasteiger partial charge on any atom is -0.493 e. The third-order valence-corrected chi connectivity index (χ3v) is 3.95. The zero-order valence-corrected chi connectivity index (χ0v) is 16.1. The summed E-state index contributed by atoms with van der Waals surface area (Å²) in [5, 5.41) is 7.07. The number of nitrogens with one attached hydrogen (secondary N) is 2. The third kappa shape index (κ3) is 5.81. The van der Waals surface area contributed by atoms with Gasteiger partial charge in [0.15, 0.2) is 17.5 Å². The summed E-state index contributed by atoms with van der Waals surface area (Å²) in [5.74, 6) is 2.16. The molecule has 0 bridgehead atoms. The van der Waals surface area contributed by atoms with Crippen LogP contribution in [0.15, 0.2) is 41.5 Å². The van der Waals surface area contributed by atoms with Crippen LogP contribution < -0.4 is 20.1 Å². The van der Waals surface area contributed by atoms with Crippen molar-refractivity contribution >= 4 is 17.6 Å². The van der Waals surface area contributed by atoms with Crippen molar-refractivity contribution in [3.63, 3.8) is 0 Å². The maximum Gasteiger partial charge on any atom is 0.191 e. The molecule has 1 heterocycles. The van der Waals surface area contributed by atoms with Crippen molar-refractivity contribution in [1.82, 2.24) is 15.6 Å². The zero-order chi connectivity index (χ0) is 18.8. The highest BCUT2D eigenvalue weighted by Crippen LogP contribution is 2.30. The number of benzene rings is 1. The first-order valence-electron chi connectivity index (χ1n) is 8.50. The minimum atomic E-state index is 0.484. The molecule has 0 fully saturated rings. The van der Waals surface area contributed by atoms with Crippen molar-refractivity contribution in [1.29, 1.82) is 0 Å². The van der Waals surface area contributed by atoms with Gasteiger partial charge in [0.05, 0.1) is 20.8 Å². The topological polar surface area (TPSA) is 67.8 Å². The molecule has 1 aromatic heterocycles. The Bertz CT molecular complexity index is 720. The molecular weight excluding hydrogens is 352 g/mol. The van der Waals surface area contributed by atoms with Crippen LogP contribution in [0.4, 0.5) is 0 Å². The Balaban J connectivity index is 1.99. The number of methoxy groups -OCH3 is 2. The molecule has 0 aliphatic heterocycles. The Kier molecular flexibility index (Phi) is 8.02. The number of pyridine rings is 1. The van der Waals surface area contributed by atoms with Crippen LogP contribution >= 0.6 is 11.6 Å². The first-order chi connectivity index (χ1) is 12.7. The van der Waals surface area contributed by atoms with Gasteiger partial charge < -0.3 is 20.1 Å². The lowest BCUT2D eigenvalue weighted by molar-refractivity contribution is 0.352. The molecule has 0 unspecified atom stereocenters. The molecule has 0 atom stereocenters. The van der Waals surface area contributed by atoms with E-state index in [0.29, 0.717) is 23.2 Å². The van der Waals surface area contributed by atoms with Crippen LogP contribution in [-0.4, -0.2) is 38.3 Å². The third-order valence-electron chi connectivity index (χ3n) is 3.73. The van der Waals surface area contributed by atoms with E-state index in [4.69, 9.17) is 21.1 Å². The van der Waals surface area contributed by atoms with Gasteiger partial charge >= 0.3 is 0 Å². The van der Waals surface area contributed by atoms with E-state index >= 15 is 0 Å². The molecule has 2 rings (SSSR count). The van der Waals surface area contributed by atoms with Gasteiger partial charge in [-0.3, -0.25) is 0 Å². The Labute approximate surface area is 159 Å². The van der Waals surface area contributed by atoms with E-state index < -0.39 is 0 Å². The lowest BCUT2D eigenvalue weighted by Gasteiger charge is -2.13. The number of aromatic nitrogens is 1. The molecule has 6 nitrogen and oxygen atoms in total. The molecule has 0 saturated heterocycles. The first kappa shape index (κ1) is 19.8. The van der Waals surface area contributed by atoms with Crippen molar-refractivity contribution < 1.29 is 9.47 Å². The first-order valence-corrected chi connectivity index (χ1v) is 8.88. The fourth-order valence-corrected chi connectivity index (χ4v) is 2.58. The van der Waals surface area contributed by atoms with Gasteiger partial charge in [0.25, 0.3) is 0 Å². The molecule has 0 radical (unpaired) electrons. The second-order valence-corrected chi connectivity index (χ2v) is 5.90. The quantitative estimate of drug-likeness (QED) is 0.421. The number of aliphatic imine (C=N–C) groups is 1. The van der Waals surface area contributed by atoms with Crippen LogP contribution in [0.3, 0.4) is 0 Å². The largest absolute Gasteiger partial charge is 0.493 e. The van der Waals surface area contributed by atoms with E-state index in [-0.39, 0.29) is 0 Å². The van der Waals surface area contributed by atoms with Crippen molar-refractivity contribution in [2.45, 2.75) is 19.9 Å². The van der Waals surface area contributed by atoms with Gasteiger partial charge in [-0.2, -0.15) is 0 Å². The van der Waals surface area contributed by atoms with Crippen LogP contribution in [0.5, 0.6) is 11.5 Å². The summed E-state index contributed by atoms with van der Waals surface area (Å²) in [6.45, 7) is 4.04. The summed E-state index contributed by atoms with van der Waals surface area (Å²) in [6, 6.07) is 9.55. The normalized spacial score (nSPS) is 11.2. The standard InChI is InChI=1S/C19H25ClN4O2/c1-4-21-19(22-11-10-14-8-9-17(20)23-12-14)24-13-15-6-5-7-16(25-2)18(15)26-3/h5-9,12H,4,10-11,13H2,1-3H3,(H2,21,22,24). The number of halogens is 1. The number of ether oxygens (including phenoxy) is 2. The summed E-state index contributed by atoms with van der Waals surface area (Å²) < 4.78 is 10.8. The summed E-state index contributed by atoms with van der Waals surface area (Å²) in [5.41, 5.74) is 2.08. The van der Waals surface area contributed by atoms with Crippen molar-refractivity contribution in [3.8, 4) is 11.5 Å². The number of hydrogen-bond donors (Lipinski definition) is 2. The average molecular weight is 377 g/mol. The highest BCUT2D eigenvalue weighted by atomic mass is 35.5. The van der Waals surface area contributed by atoms with E-state index in [1.54, 1.807) is 26.5 Å². The predicted octanol–water partition coefficient (Wildman–Crippen LogP) is 3.05. The van der Waals surface area contributed by atoms with Crippen LogP contribution in [0.25, 0.3) is 0 Å². The van der Waals surface area contributed by atoms with E-state index in [2.05, 4.69) is 20.6 Å². The van der Waals surface area contributed by atoms with E-state index in [0.717, 1.165) is 36.6 Å². The van der Waals surface area contributed by atoms with E-state index in [1.165, 1.54) is 0 Å². The molecule has 0 aliphatic rings. The summed E-state index contributed by atoms with van der Waals surface area (Å²) in [7, 11) is 3.26. The van der Waals surface area contributed by atoms with Gasteiger partial charge in [0, 0.05) is 24.8 Å². The van der Waals surface area contributed by atoms with Gasteiger partial charge in [0.1, 0.15) is 5.15 Å². The fraction of sp³-hybridized carbons (Fsp3) is 0.368. The van der Waals surface area contributed by atoms with Crippen molar-refractivity contribution in [2.24, 2.45) is 4.99 Å². The van der Waals surface area contributed by atoms with Gasteiger partial charge in [0.2, 0.25) is 0 Å². The Morgan fingerprint density at radius 2 is 2.00 bits per heavy atom. The van der Waals surface area contributed by atoms with Crippen LogP contribution in [0.2, 0.25) is 5.15 Å². The van der Waals surface area contributed by atoms with Crippen LogP contribution in [0, 0.1) is 0 Å². The van der Waals surface area contributed by atoms with Gasteiger partial charge in [-0.15, -0.1) is 0 Å². The molecule has 0 amide bonds. The highest BCUT2D eigenvalue weighted by Gasteiger charge is 2.09. The smallest absolute Gasteiger partial charge is 0.191 e. The summed E-state index contributed by atoms with van der Waals surface area (Å²) >= 11 is 5.81. The summed E-state index contributed by atoms with van der Waals surface area (Å²) in [6.07, 6.45) is 2.62. The molecule has 2 N–H and O–H groups in total. The highest BCUT2D eigenvalue weighted by molar-refractivity contribution is 6.29. The molecular formula is C19H25ClN4O2. The molecule has 2 aromatic rings. The van der Waals surface area contributed by atoms with Gasteiger partial charge in [-0.05, 0) is 31.0 Å². The second-order valence-electron chi connectivity index (χ2n) is 5.51. The predicted molar refractivity (Wildman–Crippen MR) is 105 cm³/mol. The number of hydrogen-bond acceptors (Lipinski definition) is 4. The SMILES string of the molecule is CCNC(=NCc1cccc(OC)c1OC)NCCc1ccc(Cl)nc1. The maximum absolute atomic E-state index is 5.81. The lowest BCUT2D eigenvalue weighted by Crippen LogP contribution is -2.38. The van der Waals surface area contributed by atoms with Crippen molar-refractivity contribution in [3.05, 3.63) is 52.8 Å². The number of nitrogens with zero attached hydrogens (tertiary/aromatic N) is 2. The molecule has 0 spiro atoms. The monoisotopic (exact) mass is 376 g/mol. The summed E-state index contributed by atoms with van der Waals surface area (Å²) in [4.78, 5) is 8.73. The lowest BCUT2D eigenvalue weighted by atomic mass is 10.2. The molecule has 1 aromatic carbocycles. The second kappa shape index (κ2) is 10.5. The molecule has 7 heteroatoms. The van der Waals surface area contributed by atoms with Gasteiger partial charge in [-0.25, -0.2) is 9.98 Å². The molecule has 0 saturated carbocycles. The Morgan fingerprint density at radius 3 is 2.65 bits per heavy atom. The molecule has 140 valence electrons. The molecule has 0 aliphatic carbocycles. The van der Waals surface area contributed by atoms with E-state index in [9.17, 15) is 0 Å². The van der Waals surface area contributed by atoms with E-state index in [1.807, 2.05) is 31.2 Å². The number of guanidine groups is 1. The van der Waals surface area contributed by atoms with Crippen LogP contribution in [0.1, 0.15) is 18.1 Å². The maximum atomic E-state index is 5.81. The zero-order valence-electron chi connectivity index (χ0n) is 15.4. The van der Waals surface area contributed by atoms with Gasteiger partial charge in [-0.1, -0.05) is 29.8 Å². The Hall–Kier alpha value is -2.47. The Morgan fingerprint density at radius 1 is 1.15 bits per heavy atom.